The van der Waals surface area contributed by atoms with Crippen molar-refractivity contribution in [2.24, 2.45) is 5.92 Å². The number of hydrogen-bond donors (Lipinski definition) is 1. The van der Waals surface area contributed by atoms with Crippen molar-refractivity contribution < 1.29 is 14.7 Å². The van der Waals surface area contributed by atoms with Crippen LogP contribution in [0.15, 0.2) is 42.5 Å². The summed E-state index contributed by atoms with van der Waals surface area (Å²) < 4.78 is 0. The Hall–Kier alpha value is -2.36. The van der Waals surface area contributed by atoms with E-state index in [-0.39, 0.29) is 12.3 Å². The molecular formula is C19H21NO3. The zero-order chi connectivity index (χ0) is 16.2. The summed E-state index contributed by atoms with van der Waals surface area (Å²) in [6, 6.07) is 13.8. The molecule has 4 heteroatoms. The lowest BCUT2D eigenvalue weighted by atomic mass is 9.93. The molecule has 2 aromatic rings. The quantitative estimate of drug-likeness (QED) is 0.939. The monoisotopic (exact) mass is 311 g/mol. The topological polar surface area (TPSA) is 57.6 Å². The first-order chi connectivity index (χ1) is 11.1. The number of carbonyl (C=O) groups excluding carboxylic acids is 1. The van der Waals surface area contributed by atoms with Gasteiger partial charge in [-0.3, -0.25) is 9.59 Å². The van der Waals surface area contributed by atoms with E-state index in [0.717, 1.165) is 30.2 Å². The minimum absolute atomic E-state index is 0.0516. The van der Waals surface area contributed by atoms with Gasteiger partial charge in [0.15, 0.2) is 0 Å². The summed E-state index contributed by atoms with van der Waals surface area (Å²) in [5.74, 6) is -0.414. The van der Waals surface area contributed by atoms with Crippen molar-refractivity contribution in [2.75, 3.05) is 13.1 Å². The summed E-state index contributed by atoms with van der Waals surface area (Å²) >= 11 is 0. The number of amides is 1. The maximum absolute atomic E-state index is 12.7. The van der Waals surface area contributed by atoms with Gasteiger partial charge in [0.2, 0.25) is 0 Å². The van der Waals surface area contributed by atoms with Gasteiger partial charge in [-0.1, -0.05) is 30.3 Å². The molecule has 0 radical (unpaired) electrons. The second-order valence-electron chi connectivity index (χ2n) is 6.25. The summed E-state index contributed by atoms with van der Waals surface area (Å²) in [4.78, 5) is 25.3. The van der Waals surface area contributed by atoms with E-state index in [1.165, 1.54) is 0 Å². The minimum Gasteiger partial charge on any atom is -0.481 e. The van der Waals surface area contributed by atoms with Gasteiger partial charge in [-0.05, 0) is 48.1 Å². The van der Waals surface area contributed by atoms with Crippen LogP contribution in [0.5, 0.6) is 0 Å². The number of hydrogen-bond acceptors (Lipinski definition) is 2. The largest absolute Gasteiger partial charge is 0.481 e. The Labute approximate surface area is 135 Å². The number of piperidine rings is 1. The molecule has 2 aromatic carbocycles. The van der Waals surface area contributed by atoms with E-state index in [9.17, 15) is 9.59 Å². The predicted molar refractivity (Wildman–Crippen MR) is 89.4 cm³/mol. The zero-order valence-corrected chi connectivity index (χ0v) is 13.1. The molecule has 1 heterocycles. The first-order valence-corrected chi connectivity index (χ1v) is 8.13. The Morgan fingerprint density at radius 1 is 1.13 bits per heavy atom. The second kappa shape index (κ2) is 6.82. The molecule has 1 saturated heterocycles. The molecule has 1 aliphatic heterocycles. The van der Waals surface area contributed by atoms with E-state index in [1.807, 2.05) is 47.4 Å². The Kier molecular flexibility index (Phi) is 4.60. The van der Waals surface area contributed by atoms with Gasteiger partial charge in [0, 0.05) is 25.1 Å². The van der Waals surface area contributed by atoms with Crippen LogP contribution in [0.25, 0.3) is 10.8 Å². The van der Waals surface area contributed by atoms with E-state index in [2.05, 4.69) is 0 Å². The maximum Gasteiger partial charge on any atom is 0.303 e. The van der Waals surface area contributed by atoms with Gasteiger partial charge < -0.3 is 10.0 Å². The Morgan fingerprint density at radius 3 is 2.70 bits per heavy atom. The summed E-state index contributed by atoms with van der Waals surface area (Å²) in [7, 11) is 0. The molecule has 0 aliphatic carbocycles. The van der Waals surface area contributed by atoms with Crippen molar-refractivity contribution in [3.63, 3.8) is 0 Å². The van der Waals surface area contributed by atoms with Crippen molar-refractivity contribution in [3.8, 4) is 0 Å². The van der Waals surface area contributed by atoms with Gasteiger partial charge in [0.05, 0.1) is 0 Å². The lowest BCUT2D eigenvalue weighted by Crippen LogP contribution is -2.40. The first kappa shape index (κ1) is 15.5. The highest BCUT2D eigenvalue weighted by Gasteiger charge is 2.24. The maximum atomic E-state index is 12.7. The Balaban J connectivity index is 1.71. The number of fused-ring (bicyclic) bond motifs is 1. The highest BCUT2D eigenvalue weighted by Crippen LogP contribution is 2.23. The minimum atomic E-state index is -0.761. The molecule has 1 amide bonds. The molecule has 1 unspecified atom stereocenters. The smallest absolute Gasteiger partial charge is 0.303 e. The first-order valence-electron chi connectivity index (χ1n) is 8.13. The van der Waals surface area contributed by atoms with Crippen LogP contribution in [0, 0.1) is 5.92 Å². The molecule has 1 N–H and O–H groups in total. The van der Waals surface area contributed by atoms with Gasteiger partial charge in [-0.2, -0.15) is 0 Å². The number of carboxylic acid groups (broad SMARTS) is 1. The fourth-order valence-electron chi connectivity index (χ4n) is 3.32. The van der Waals surface area contributed by atoms with Crippen LogP contribution in [-0.2, 0) is 4.79 Å². The Morgan fingerprint density at radius 2 is 1.91 bits per heavy atom. The third-order valence-electron chi connectivity index (χ3n) is 4.57. The summed E-state index contributed by atoms with van der Waals surface area (Å²) in [5, 5.41) is 11.0. The van der Waals surface area contributed by atoms with Crippen molar-refractivity contribution in [3.05, 3.63) is 48.0 Å². The number of carbonyl (C=O) groups is 2. The van der Waals surface area contributed by atoms with Crippen LogP contribution < -0.4 is 0 Å². The van der Waals surface area contributed by atoms with Crippen LogP contribution >= 0.6 is 0 Å². The molecule has 0 aromatic heterocycles. The van der Waals surface area contributed by atoms with E-state index in [0.29, 0.717) is 24.4 Å². The molecule has 1 aliphatic rings. The fourth-order valence-corrected chi connectivity index (χ4v) is 3.32. The predicted octanol–water partition coefficient (Wildman–Crippen LogP) is 3.56. The normalized spacial score (nSPS) is 18.1. The van der Waals surface area contributed by atoms with Crippen molar-refractivity contribution in [1.82, 2.24) is 4.90 Å². The number of carboxylic acids is 1. The molecule has 3 rings (SSSR count). The van der Waals surface area contributed by atoms with Crippen LogP contribution in [0.1, 0.15) is 36.0 Å². The summed E-state index contributed by atoms with van der Waals surface area (Å²) in [6.45, 7) is 1.42. The van der Waals surface area contributed by atoms with Crippen molar-refractivity contribution in [2.45, 2.75) is 25.7 Å². The van der Waals surface area contributed by atoms with Crippen LogP contribution in [0.3, 0.4) is 0 Å². The van der Waals surface area contributed by atoms with E-state index in [4.69, 9.17) is 5.11 Å². The summed E-state index contributed by atoms with van der Waals surface area (Å²) in [6.07, 6.45) is 2.79. The Bertz CT molecular complexity index is 725. The SMILES string of the molecule is O=C(O)CCC1CCCN(C(=O)c2ccc3ccccc3c2)C1. The molecular weight excluding hydrogens is 290 g/mol. The molecule has 1 fully saturated rings. The lowest BCUT2D eigenvalue weighted by Gasteiger charge is -2.32. The molecule has 23 heavy (non-hydrogen) atoms. The number of aliphatic carboxylic acids is 1. The zero-order valence-electron chi connectivity index (χ0n) is 13.1. The van der Waals surface area contributed by atoms with Crippen LogP contribution in [0.2, 0.25) is 0 Å². The highest BCUT2D eigenvalue weighted by molar-refractivity contribution is 5.98. The second-order valence-corrected chi connectivity index (χ2v) is 6.25. The number of likely N-dealkylation sites (tertiary alicyclic amines) is 1. The van der Waals surface area contributed by atoms with Gasteiger partial charge in [-0.25, -0.2) is 0 Å². The van der Waals surface area contributed by atoms with Gasteiger partial charge in [-0.15, -0.1) is 0 Å². The van der Waals surface area contributed by atoms with Crippen LogP contribution in [-0.4, -0.2) is 35.0 Å². The number of nitrogens with zero attached hydrogens (tertiary/aromatic N) is 1. The van der Waals surface area contributed by atoms with Crippen molar-refractivity contribution in [1.29, 1.82) is 0 Å². The molecule has 1 atom stereocenters. The third-order valence-corrected chi connectivity index (χ3v) is 4.57. The lowest BCUT2D eigenvalue weighted by molar-refractivity contribution is -0.137. The fraction of sp³-hybridized carbons (Fsp3) is 0.368. The molecule has 0 spiro atoms. The van der Waals surface area contributed by atoms with Gasteiger partial charge in [0.25, 0.3) is 5.91 Å². The summed E-state index contributed by atoms with van der Waals surface area (Å²) in [5.41, 5.74) is 0.711. The third kappa shape index (κ3) is 3.70. The number of rotatable bonds is 4. The molecule has 120 valence electrons. The molecule has 4 nitrogen and oxygen atoms in total. The molecule has 0 bridgehead atoms. The van der Waals surface area contributed by atoms with E-state index >= 15 is 0 Å². The highest BCUT2D eigenvalue weighted by atomic mass is 16.4. The standard InChI is InChI=1S/C19H21NO3/c21-18(22)10-7-14-4-3-11-20(13-14)19(23)17-9-8-15-5-1-2-6-16(15)12-17/h1-2,5-6,8-9,12,14H,3-4,7,10-11,13H2,(H,21,22). The average molecular weight is 311 g/mol. The molecule has 0 saturated carbocycles. The van der Waals surface area contributed by atoms with Gasteiger partial charge >= 0.3 is 5.97 Å². The van der Waals surface area contributed by atoms with E-state index < -0.39 is 5.97 Å². The van der Waals surface area contributed by atoms with Gasteiger partial charge in [0.1, 0.15) is 0 Å². The van der Waals surface area contributed by atoms with Crippen molar-refractivity contribution >= 4 is 22.6 Å². The number of benzene rings is 2. The van der Waals surface area contributed by atoms with Crippen LogP contribution in [0.4, 0.5) is 0 Å². The van der Waals surface area contributed by atoms with E-state index in [1.54, 1.807) is 0 Å². The average Bonchev–Trinajstić information content (AvgIpc) is 2.59.